The van der Waals surface area contributed by atoms with Gasteiger partial charge in [0.2, 0.25) is 5.91 Å². The van der Waals surface area contributed by atoms with E-state index < -0.39 is 83.6 Å². The standard InChI is InChI=1S/C29H25F6N3O4/c1-15(2)38-24-10-8-18(31)13-25(24)42-14-23(28(38)41)37-27(40)22(11-16-5-3-4-6-21(16)32)36-26(39)19-9-7-17(30)12-20(19)29(33,34)35/h3-10,12-13,15,22-23H,11,14H2,1-2H3,(H,36,39)(H,37,40)/t22-,23-/m1/s1. The van der Waals surface area contributed by atoms with Gasteiger partial charge in [-0.2, -0.15) is 13.2 Å². The molecular weight excluding hydrogens is 568 g/mol. The number of halogens is 6. The fourth-order valence-corrected chi connectivity index (χ4v) is 4.52. The quantitative estimate of drug-likeness (QED) is 0.386. The van der Waals surface area contributed by atoms with Crippen LogP contribution in [0, 0.1) is 17.5 Å². The molecule has 1 aliphatic rings. The topological polar surface area (TPSA) is 87.7 Å². The van der Waals surface area contributed by atoms with Crippen LogP contribution in [0.4, 0.5) is 32.0 Å². The Hall–Kier alpha value is -4.55. The largest absolute Gasteiger partial charge is 0.489 e. The average molecular weight is 594 g/mol. The van der Waals surface area contributed by atoms with Crippen molar-refractivity contribution in [1.29, 1.82) is 0 Å². The average Bonchev–Trinajstić information content (AvgIpc) is 3.04. The van der Waals surface area contributed by atoms with E-state index in [0.29, 0.717) is 12.1 Å². The summed E-state index contributed by atoms with van der Waals surface area (Å²) in [6, 6.07) is 6.69. The van der Waals surface area contributed by atoms with E-state index in [-0.39, 0.29) is 23.1 Å². The van der Waals surface area contributed by atoms with E-state index >= 15 is 0 Å². The lowest BCUT2D eigenvalue weighted by atomic mass is 10.0. The Bertz CT molecular complexity index is 1510. The lowest BCUT2D eigenvalue weighted by Crippen LogP contribution is -2.57. The molecule has 0 unspecified atom stereocenters. The van der Waals surface area contributed by atoms with Gasteiger partial charge in [0.05, 0.1) is 16.8 Å². The molecule has 7 nitrogen and oxygen atoms in total. The molecule has 0 saturated carbocycles. The number of hydrogen-bond donors (Lipinski definition) is 2. The maximum absolute atomic E-state index is 14.5. The molecule has 1 aliphatic heterocycles. The van der Waals surface area contributed by atoms with Gasteiger partial charge in [0, 0.05) is 18.5 Å². The molecule has 222 valence electrons. The SMILES string of the molecule is CC(C)N1C(=O)[C@H](NC(=O)[C@@H](Cc2ccccc2F)NC(=O)c2ccc(F)cc2C(F)(F)F)COc2cc(F)ccc21. The van der Waals surface area contributed by atoms with Crippen molar-refractivity contribution in [2.24, 2.45) is 0 Å². The van der Waals surface area contributed by atoms with E-state index in [1.165, 1.54) is 29.2 Å². The smallest absolute Gasteiger partial charge is 0.417 e. The Morgan fingerprint density at radius 2 is 1.67 bits per heavy atom. The van der Waals surface area contributed by atoms with Crippen LogP contribution < -0.4 is 20.3 Å². The number of hydrogen-bond acceptors (Lipinski definition) is 4. The molecule has 0 spiro atoms. The number of alkyl halides is 3. The van der Waals surface area contributed by atoms with Crippen molar-refractivity contribution in [3.63, 3.8) is 0 Å². The summed E-state index contributed by atoms with van der Waals surface area (Å²) in [5.74, 6) is -5.63. The van der Waals surface area contributed by atoms with Gasteiger partial charge in [0.15, 0.2) is 0 Å². The van der Waals surface area contributed by atoms with Gasteiger partial charge in [0.1, 0.15) is 41.9 Å². The summed E-state index contributed by atoms with van der Waals surface area (Å²) in [4.78, 5) is 41.2. The number of carbonyl (C=O) groups excluding carboxylic acids is 3. The highest BCUT2D eigenvalue weighted by molar-refractivity contribution is 6.03. The van der Waals surface area contributed by atoms with Gasteiger partial charge >= 0.3 is 6.18 Å². The first kappa shape index (κ1) is 30.4. The first-order valence-corrected chi connectivity index (χ1v) is 12.7. The molecule has 1 heterocycles. The molecule has 3 aromatic carbocycles. The summed E-state index contributed by atoms with van der Waals surface area (Å²) >= 11 is 0. The fourth-order valence-electron chi connectivity index (χ4n) is 4.52. The number of nitrogens with zero attached hydrogens (tertiary/aromatic N) is 1. The third kappa shape index (κ3) is 6.67. The van der Waals surface area contributed by atoms with Crippen LogP contribution in [0.15, 0.2) is 60.7 Å². The van der Waals surface area contributed by atoms with Crippen LogP contribution in [-0.2, 0) is 22.2 Å². The predicted octanol–water partition coefficient (Wildman–Crippen LogP) is 4.78. The van der Waals surface area contributed by atoms with Crippen molar-refractivity contribution in [2.75, 3.05) is 11.5 Å². The zero-order chi connectivity index (χ0) is 30.8. The molecule has 42 heavy (non-hydrogen) atoms. The minimum atomic E-state index is -5.10. The lowest BCUT2D eigenvalue weighted by Gasteiger charge is -2.29. The van der Waals surface area contributed by atoms with Crippen LogP contribution in [0.1, 0.15) is 35.3 Å². The Balaban J connectivity index is 1.64. The summed E-state index contributed by atoms with van der Waals surface area (Å²) in [5, 5.41) is 4.59. The Kier molecular flexibility index (Phi) is 8.78. The van der Waals surface area contributed by atoms with Gasteiger partial charge in [-0.3, -0.25) is 14.4 Å². The van der Waals surface area contributed by atoms with Gasteiger partial charge in [-0.25, -0.2) is 13.2 Å². The summed E-state index contributed by atoms with van der Waals surface area (Å²) < 4.78 is 88.2. The number of fused-ring (bicyclic) bond motifs is 1. The van der Waals surface area contributed by atoms with Gasteiger partial charge in [-0.05, 0) is 55.8 Å². The van der Waals surface area contributed by atoms with Crippen molar-refractivity contribution in [3.8, 4) is 5.75 Å². The molecule has 4 rings (SSSR count). The van der Waals surface area contributed by atoms with Gasteiger partial charge in [0.25, 0.3) is 11.8 Å². The molecule has 0 fully saturated rings. The van der Waals surface area contributed by atoms with E-state index in [9.17, 15) is 40.7 Å². The second-order valence-corrected chi connectivity index (χ2v) is 9.80. The minimum Gasteiger partial charge on any atom is -0.489 e. The number of benzene rings is 3. The molecule has 0 bridgehead atoms. The highest BCUT2D eigenvalue weighted by Gasteiger charge is 2.38. The lowest BCUT2D eigenvalue weighted by molar-refractivity contribution is -0.138. The zero-order valence-electron chi connectivity index (χ0n) is 22.3. The fraction of sp³-hybridized carbons (Fsp3) is 0.276. The highest BCUT2D eigenvalue weighted by atomic mass is 19.4. The van der Waals surface area contributed by atoms with Crippen LogP contribution in [0.2, 0.25) is 0 Å². The molecule has 3 amide bonds. The number of anilines is 1. The first-order chi connectivity index (χ1) is 19.8. The van der Waals surface area contributed by atoms with Crippen LogP contribution in [0.3, 0.4) is 0 Å². The molecule has 2 atom stereocenters. The van der Waals surface area contributed by atoms with Gasteiger partial charge in [-0.1, -0.05) is 18.2 Å². The molecule has 3 aromatic rings. The van der Waals surface area contributed by atoms with E-state index in [0.717, 1.165) is 18.2 Å². The van der Waals surface area contributed by atoms with E-state index in [1.807, 2.05) is 0 Å². The predicted molar refractivity (Wildman–Crippen MR) is 139 cm³/mol. The second kappa shape index (κ2) is 12.1. The summed E-state index contributed by atoms with van der Waals surface area (Å²) in [7, 11) is 0. The van der Waals surface area contributed by atoms with Crippen LogP contribution in [-0.4, -0.2) is 42.5 Å². The van der Waals surface area contributed by atoms with Crippen LogP contribution >= 0.6 is 0 Å². The van der Waals surface area contributed by atoms with E-state index in [4.69, 9.17) is 4.74 Å². The number of ether oxygens (including phenoxy) is 1. The molecule has 0 saturated heterocycles. The van der Waals surface area contributed by atoms with Gasteiger partial charge < -0.3 is 20.3 Å². The number of rotatable bonds is 7. The van der Waals surface area contributed by atoms with Crippen molar-refractivity contribution >= 4 is 23.4 Å². The van der Waals surface area contributed by atoms with Crippen LogP contribution in [0.5, 0.6) is 5.75 Å². The third-order valence-corrected chi connectivity index (χ3v) is 6.49. The van der Waals surface area contributed by atoms with Gasteiger partial charge in [-0.15, -0.1) is 0 Å². The second-order valence-electron chi connectivity index (χ2n) is 9.80. The minimum absolute atomic E-state index is 0.0426. The van der Waals surface area contributed by atoms with Crippen molar-refractivity contribution in [3.05, 3.63) is 94.8 Å². The molecule has 2 N–H and O–H groups in total. The van der Waals surface area contributed by atoms with Crippen molar-refractivity contribution < 1.29 is 45.5 Å². The van der Waals surface area contributed by atoms with E-state index in [1.54, 1.807) is 13.8 Å². The molecule has 0 aliphatic carbocycles. The normalized spacial score (nSPS) is 15.9. The molecular formula is C29H25F6N3O4. The molecule has 0 radical (unpaired) electrons. The monoisotopic (exact) mass is 593 g/mol. The number of nitrogens with one attached hydrogen (secondary N) is 2. The molecule has 13 heteroatoms. The van der Waals surface area contributed by atoms with Crippen molar-refractivity contribution in [2.45, 2.75) is 44.6 Å². The van der Waals surface area contributed by atoms with Crippen molar-refractivity contribution in [1.82, 2.24) is 10.6 Å². The highest BCUT2D eigenvalue weighted by Crippen LogP contribution is 2.34. The Labute approximate surface area is 236 Å². The molecule has 0 aromatic heterocycles. The third-order valence-electron chi connectivity index (χ3n) is 6.49. The Morgan fingerprint density at radius 1 is 1.00 bits per heavy atom. The number of amides is 3. The zero-order valence-corrected chi connectivity index (χ0v) is 22.3. The number of carbonyl (C=O) groups is 3. The maximum Gasteiger partial charge on any atom is 0.417 e. The van der Waals surface area contributed by atoms with Crippen LogP contribution in [0.25, 0.3) is 0 Å². The summed E-state index contributed by atoms with van der Waals surface area (Å²) in [6.45, 7) is 2.91. The van der Waals surface area contributed by atoms with E-state index in [2.05, 4.69) is 10.6 Å². The summed E-state index contributed by atoms with van der Waals surface area (Å²) in [5.41, 5.74) is -2.34. The summed E-state index contributed by atoms with van der Waals surface area (Å²) in [6.07, 6.45) is -5.61. The Morgan fingerprint density at radius 3 is 2.33 bits per heavy atom. The first-order valence-electron chi connectivity index (χ1n) is 12.7. The maximum atomic E-state index is 14.5.